The molecule has 3 heteroatoms. The van der Waals surface area contributed by atoms with Crippen LogP contribution in [0.3, 0.4) is 0 Å². The van der Waals surface area contributed by atoms with Gasteiger partial charge in [-0.2, -0.15) is 0 Å². The molecule has 0 aromatic heterocycles. The zero-order valence-corrected chi connectivity index (χ0v) is 12.7. The number of nitrogens with two attached hydrogens (primary N) is 1. The lowest BCUT2D eigenvalue weighted by Gasteiger charge is -2.23. The maximum atomic E-state index is 12.0. The average molecular weight is 262 g/mol. The van der Waals surface area contributed by atoms with Crippen molar-refractivity contribution in [2.45, 2.75) is 47.5 Å². The fourth-order valence-electron chi connectivity index (χ4n) is 2.49. The summed E-state index contributed by atoms with van der Waals surface area (Å²) in [6.07, 6.45) is 1.56. The maximum Gasteiger partial charge on any atom is 0.224 e. The van der Waals surface area contributed by atoms with Crippen LogP contribution in [0.5, 0.6) is 0 Å². The lowest BCUT2D eigenvalue weighted by Crippen LogP contribution is -2.19. The van der Waals surface area contributed by atoms with Gasteiger partial charge in [-0.1, -0.05) is 39.8 Å². The number of hydrogen-bond acceptors (Lipinski definition) is 2. The molecule has 0 aliphatic rings. The molecule has 0 saturated carbocycles. The number of nitrogens with one attached hydrogen (secondary N) is 1. The summed E-state index contributed by atoms with van der Waals surface area (Å²) in [5, 5.41) is 2.93. The minimum absolute atomic E-state index is 0.0396. The third-order valence-corrected chi connectivity index (χ3v) is 3.06. The van der Waals surface area contributed by atoms with Crippen LogP contribution >= 0.6 is 0 Å². The van der Waals surface area contributed by atoms with E-state index in [1.165, 1.54) is 0 Å². The van der Waals surface area contributed by atoms with Crippen LogP contribution in [0.15, 0.2) is 18.2 Å². The van der Waals surface area contributed by atoms with Crippen LogP contribution < -0.4 is 11.1 Å². The molecule has 1 atom stereocenters. The van der Waals surface area contributed by atoms with Crippen LogP contribution in [0.25, 0.3) is 0 Å². The van der Waals surface area contributed by atoms with Crippen molar-refractivity contribution >= 4 is 17.3 Å². The van der Waals surface area contributed by atoms with Crippen molar-refractivity contribution in [3.05, 3.63) is 23.8 Å². The summed E-state index contributed by atoms with van der Waals surface area (Å²) < 4.78 is 0. The van der Waals surface area contributed by atoms with Gasteiger partial charge in [0.15, 0.2) is 0 Å². The van der Waals surface area contributed by atoms with Gasteiger partial charge in [-0.3, -0.25) is 4.79 Å². The molecule has 0 radical (unpaired) electrons. The summed E-state index contributed by atoms with van der Waals surface area (Å²) in [7, 11) is 0. The Bertz CT molecular complexity index is 426. The highest BCUT2D eigenvalue weighted by Gasteiger charge is 2.18. The summed E-state index contributed by atoms with van der Waals surface area (Å²) in [6.45, 7) is 10.7. The highest BCUT2D eigenvalue weighted by atomic mass is 16.1. The number of carbonyl (C=O) groups excluding carboxylic acids is 1. The van der Waals surface area contributed by atoms with Crippen molar-refractivity contribution in [2.24, 2.45) is 11.3 Å². The molecule has 0 spiro atoms. The summed E-state index contributed by atoms with van der Waals surface area (Å²) >= 11 is 0. The molecule has 1 amide bonds. The summed E-state index contributed by atoms with van der Waals surface area (Å²) in [5.74, 6) is 0.406. The number of benzene rings is 1. The van der Waals surface area contributed by atoms with Crippen molar-refractivity contribution in [3.8, 4) is 0 Å². The molecule has 3 nitrogen and oxygen atoms in total. The first-order chi connectivity index (χ1) is 8.69. The fraction of sp³-hybridized carbons (Fsp3) is 0.562. The lowest BCUT2D eigenvalue weighted by atomic mass is 9.84. The Kier molecular flexibility index (Phi) is 4.98. The molecule has 0 fully saturated rings. The van der Waals surface area contributed by atoms with E-state index in [4.69, 9.17) is 5.73 Å². The molecule has 106 valence electrons. The molecule has 1 aromatic carbocycles. The predicted molar refractivity (Wildman–Crippen MR) is 82.1 cm³/mol. The predicted octanol–water partition coefficient (Wildman–Crippen LogP) is 3.98. The smallest absolute Gasteiger partial charge is 0.224 e. The number of rotatable bonds is 4. The van der Waals surface area contributed by atoms with Gasteiger partial charge in [-0.05, 0) is 36.3 Å². The van der Waals surface area contributed by atoms with E-state index in [1.54, 1.807) is 6.07 Å². The van der Waals surface area contributed by atoms with Gasteiger partial charge in [0.1, 0.15) is 0 Å². The second-order valence-corrected chi connectivity index (χ2v) is 6.66. The first-order valence-corrected chi connectivity index (χ1v) is 6.84. The Morgan fingerprint density at radius 1 is 1.37 bits per heavy atom. The van der Waals surface area contributed by atoms with Gasteiger partial charge in [-0.15, -0.1) is 0 Å². The van der Waals surface area contributed by atoms with E-state index in [9.17, 15) is 4.79 Å². The summed E-state index contributed by atoms with van der Waals surface area (Å²) in [4.78, 5) is 12.0. The van der Waals surface area contributed by atoms with Gasteiger partial charge >= 0.3 is 0 Å². The molecule has 0 aliphatic heterocycles. The number of aryl methyl sites for hydroxylation is 1. The summed E-state index contributed by atoms with van der Waals surface area (Å²) in [6, 6.07) is 5.65. The Balaban J connectivity index is 2.61. The first-order valence-electron chi connectivity index (χ1n) is 6.84. The number of amides is 1. The van der Waals surface area contributed by atoms with Crippen molar-refractivity contribution in [3.63, 3.8) is 0 Å². The Morgan fingerprint density at radius 2 is 2.00 bits per heavy atom. The molecular weight excluding hydrogens is 236 g/mol. The molecule has 1 aromatic rings. The zero-order chi connectivity index (χ0) is 14.6. The van der Waals surface area contributed by atoms with Crippen LogP contribution in [-0.4, -0.2) is 5.91 Å². The molecule has 0 bridgehead atoms. The standard InChI is InChI=1S/C16H26N2O/c1-11(10-16(3,4)5)9-14(19)18-15-12(2)7-6-8-13(15)17/h6-8,11H,9-10,17H2,1-5H3,(H,18,19). The number of carbonyl (C=O) groups is 1. The largest absolute Gasteiger partial charge is 0.397 e. The maximum absolute atomic E-state index is 12.0. The molecule has 0 heterocycles. The van der Waals surface area contributed by atoms with Crippen molar-refractivity contribution in [1.82, 2.24) is 0 Å². The minimum Gasteiger partial charge on any atom is -0.397 e. The van der Waals surface area contributed by atoms with Gasteiger partial charge in [0, 0.05) is 6.42 Å². The quantitative estimate of drug-likeness (QED) is 0.806. The normalized spacial score (nSPS) is 13.1. The van der Waals surface area contributed by atoms with E-state index in [0.717, 1.165) is 17.7 Å². The minimum atomic E-state index is 0.0396. The molecule has 3 N–H and O–H groups in total. The van der Waals surface area contributed by atoms with Crippen LogP contribution in [0.1, 0.15) is 46.1 Å². The number of para-hydroxylation sites is 1. The molecule has 19 heavy (non-hydrogen) atoms. The SMILES string of the molecule is Cc1cccc(N)c1NC(=O)CC(C)CC(C)(C)C. The van der Waals surface area contributed by atoms with Gasteiger partial charge < -0.3 is 11.1 Å². The highest BCUT2D eigenvalue weighted by Crippen LogP contribution is 2.27. The summed E-state index contributed by atoms with van der Waals surface area (Å²) in [5.41, 5.74) is 8.50. The average Bonchev–Trinajstić information content (AvgIpc) is 2.20. The van der Waals surface area contributed by atoms with E-state index >= 15 is 0 Å². The lowest BCUT2D eigenvalue weighted by molar-refractivity contribution is -0.117. The highest BCUT2D eigenvalue weighted by molar-refractivity contribution is 5.94. The van der Waals surface area contributed by atoms with E-state index in [0.29, 0.717) is 18.0 Å². The van der Waals surface area contributed by atoms with Crippen molar-refractivity contribution in [2.75, 3.05) is 11.1 Å². The zero-order valence-electron chi connectivity index (χ0n) is 12.7. The second-order valence-electron chi connectivity index (χ2n) is 6.66. The van der Waals surface area contributed by atoms with Crippen molar-refractivity contribution < 1.29 is 4.79 Å². The van der Waals surface area contributed by atoms with Gasteiger partial charge in [0.25, 0.3) is 0 Å². The molecule has 1 unspecified atom stereocenters. The van der Waals surface area contributed by atoms with E-state index < -0.39 is 0 Å². The monoisotopic (exact) mass is 262 g/mol. The number of nitrogen functional groups attached to an aromatic ring is 1. The number of anilines is 2. The molecule has 0 saturated heterocycles. The van der Waals surface area contributed by atoms with Crippen LogP contribution in [0.2, 0.25) is 0 Å². The van der Waals surface area contributed by atoms with E-state index in [-0.39, 0.29) is 11.3 Å². The molecule has 0 aliphatic carbocycles. The van der Waals surface area contributed by atoms with Crippen LogP contribution in [0.4, 0.5) is 11.4 Å². The van der Waals surface area contributed by atoms with Gasteiger partial charge in [0.05, 0.1) is 11.4 Å². The molecular formula is C16H26N2O. The number of hydrogen-bond donors (Lipinski definition) is 2. The Morgan fingerprint density at radius 3 is 2.53 bits per heavy atom. The van der Waals surface area contributed by atoms with Crippen molar-refractivity contribution in [1.29, 1.82) is 0 Å². The van der Waals surface area contributed by atoms with E-state index in [1.807, 2.05) is 19.1 Å². The fourth-order valence-corrected chi connectivity index (χ4v) is 2.49. The van der Waals surface area contributed by atoms with Crippen LogP contribution in [0, 0.1) is 18.3 Å². The molecule has 1 rings (SSSR count). The Labute approximate surface area is 116 Å². The third kappa shape index (κ3) is 5.33. The first kappa shape index (κ1) is 15.5. The topological polar surface area (TPSA) is 55.1 Å². The van der Waals surface area contributed by atoms with Gasteiger partial charge in [-0.25, -0.2) is 0 Å². The Hall–Kier alpha value is -1.51. The third-order valence-electron chi connectivity index (χ3n) is 3.06. The van der Waals surface area contributed by atoms with Crippen LogP contribution in [-0.2, 0) is 4.79 Å². The van der Waals surface area contributed by atoms with Gasteiger partial charge in [0.2, 0.25) is 5.91 Å². The van der Waals surface area contributed by atoms with E-state index in [2.05, 4.69) is 33.0 Å². The second kappa shape index (κ2) is 6.09.